The molecule has 1 aromatic rings. The van der Waals surface area contributed by atoms with Crippen LogP contribution in [-0.4, -0.2) is 34.9 Å². The Kier molecular flexibility index (Phi) is 4.03. The summed E-state index contributed by atoms with van der Waals surface area (Å²) in [7, 11) is -6.92. The van der Waals surface area contributed by atoms with Gasteiger partial charge in [0.2, 0.25) is 10.0 Å². The third-order valence-corrected chi connectivity index (χ3v) is 6.48. The first-order chi connectivity index (χ1) is 9.20. The number of anilines is 1. The number of nitrogens with two attached hydrogens (primary N) is 1. The lowest BCUT2D eigenvalue weighted by Gasteiger charge is -2.12. The molecule has 0 spiro atoms. The summed E-state index contributed by atoms with van der Waals surface area (Å²) < 4.78 is 61.8. The molecule has 1 aliphatic rings. The summed E-state index contributed by atoms with van der Waals surface area (Å²) in [5.74, 6) is -0.799. The maximum atomic E-state index is 12.9. The highest BCUT2D eigenvalue weighted by molar-refractivity contribution is 7.91. The fourth-order valence-electron chi connectivity index (χ4n) is 2.10. The van der Waals surface area contributed by atoms with Gasteiger partial charge in [-0.05, 0) is 30.5 Å². The molecule has 1 atom stereocenters. The van der Waals surface area contributed by atoms with Crippen LogP contribution >= 0.6 is 0 Å². The fraction of sp³-hybridized carbons (Fsp3) is 0.455. The summed E-state index contributed by atoms with van der Waals surface area (Å²) in [6.45, 7) is 0.0262. The molecule has 2 rings (SSSR count). The predicted octanol–water partition coefficient (Wildman–Crippen LogP) is 0.121. The van der Waals surface area contributed by atoms with Gasteiger partial charge >= 0.3 is 0 Å². The van der Waals surface area contributed by atoms with Gasteiger partial charge in [-0.2, -0.15) is 0 Å². The van der Waals surface area contributed by atoms with Crippen molar-refractivity contribution in [1.82, 2.24) is 4.72 Å². The topological polar surface area (TPSA) is 106 Å². The molecule has 1 saturated heterocycles. The standard InChI is InChI=1S/C11H15FN2O4S2/c12-9-1-2-11(10(13)5-9)20(17,18)14-6-8-3-4-19(15,16)7-8/h1-2,5,8,14H,3-4,6-7,13H2. The first kappa shape index (κ1) is 15.2. The SMILES string of the molecule is Nc1cc(F)ccc1S(=O)(=O)NCC1CCS(=O)(=O)C1. The second-order valence-corrected chi connectivity index (χ2v) is 8.77. The van der Waals surface area contributed by atoms with Gasteiger partial charge in [0.25, 0.3) is 0 Å². The van der Waals surface area contributed by atoms with Gasteiger partial charge in [0.05, 0.1) is 17.2 Å². The van der Waals surface area contributed by atoms with Gasteiger partial charge in [0.1, 0.15) is 10.7 Å². The molecule has 0 amide bonds. The third-order valence-electron chi connectivity index (χ3n) is 3.15. The van der Waals surface area contributed by atoms with Crippen molar-refractivity contribution < 1.29 is 21.2 Å². The Balaban J connectivity index is 2.08. The van der Waals surface area contributed by atoms with E-state index in [9.17, 15) is 21.2 Å². The number of nitrogen functional groups attached to an aromatic ring is 1. The minimum atomic E-state index is -3.87. The molecule has 0 aromatic heterocycles. The zero-order chi connectivity index (χ0) is 15.0. The van der Waals surface area contributed by atoms with Crippen LogP contribution in [-0.2, 0) is 19.9 Å². The van der Waals surface area contributed by atoms with Crippen LogP contribution in [0.5, 0.6) is 0 Å². The van der Waals surface area contributed by atoms with Crippen molar-refractivity contribution in [3.05, 3.63) is 24.0 Å². The monoisotopic (exact) mass is 322 g/mol. The highest BCUT2D eigenvalue weighted by Crippen LogP contribution is 2.21. The number of benzene rings is 1. The van der Waals surface area contributed by atoms with E-state index in [1.54, 1.807) is 0 Å². The van der Waals surface area contributed by atoms with Crippen LogP contribution in [0.3, 0.4) is 0 Å². The van der Waals surface area contributed by atoms with Gasteiger partial charge < -0.3 is 5.73 Å². The molecule has 3 N–H and O–H groups in total. The summed E-state index contributed by atoms with van der Waals surface area (Å²) in [6, 6.07) is 3.01. The average Bonchev–Trinajstić information content (AvgIpc) is 2.66. The van der Waals surface area contributed by atoms with Crippen LogP contribution in [0.2, 0.25) is 0 Å². The minimum Gasteiger partial charge on any atom is -0.398 e. The molecule has 1 unspecified atom stereocenters. The third kappa shape index (κ3) is 3.47. The summed E-state index contributed by atoms with van der Waals surface area (Å²) >= 11 is 0. The molecule has 1 fully saturated rings. The van der Waals surface area contributed by atoms with E-state index >= 15 is 0 Å². The lowest BCUT2D eigenvalue weighted by Crippen LogP contribution is -2.30. The zero-order valence-electron chi connectivity index (χ0n) is 10.5. The molecular weight excluding hydrogens is 307 g/mol. The van der Waals surface area contributed by atoms with E-state index < -0.39 is 25.7 Å². The van der Waals surface area contributed by atoms with E-state index in [1.165, 1.54) is 0 Å². The molecule has 9 heteroatoms. The Hall–Kier alpha value is -1.19. The fourth-order valence-corrected chi connectivity index (χ4v) is 5.19. The van der Waals surface area contributed by atoms with Crippen LogP contribution in [0.15, 0.2) is 23.1 Å². The maximum Gasteiger partial charge on any atom is 0.242 e. The quantitative estimate of drug-likeness (QED) is 0.766. The number of sulfonamides is 1. The molecule has 1 aromatic carbocycles. The molecule has 0 radical (unpaired) electrons. The number of hydrogen-bond acceptors (Lipinski definition) is 5. The van der Waals surface area contributed by atoms with Crippen LogP contribution in [0.25, 0.3) is 0 Å². The number of nitrogens with one attached hydrogen (secondary N) is 1. The van der Waals surface area contributed by atoms with Crippen LogP contribution in [0, 0.1) is 11.7 Å². The lowest BCUT2D eigenvalue weighted by atomic mass is 10.1. The first-order valence-electron chi connectivity index (χ1n) is 5.95. The summed E-state index contributed by atoms with van der Waals surface area (Å²) in [4.78, 5) is -0.209. The lowest BCUT2D eigenvalue weighted by molar-refractivity contribution is 0.543. The molecule has 6 nitrogen and oxygen atoms in total. The minimum absolute atomic E-state index is 0.0194. The van der Waals surface area contributed by atoms with Gasteiger partial charge in [-0.3, -0.25) is 0 Å². The smallest absolute Gasteiger partial charge is 0.242 e. The highest BCUT2D eigenvalue weighted by atomic mass is 32.2. The van der Waals surface area contributed by atoms with Crippen molar-refractivity contribution in [3.8, 4) is 0 Å². The van der Waals surface area contributed by atoms with Crippen LogP contribution < -0.4 is 10.5 Å². The normalized spacial score (nSPS) is 21.9. The largest absolute Gasteiger partial charge is 0.398 e. The van der Waals surface area contributed by atoms with Crippen molar-refractivity contribution in [3.63, 3.8) is 0 Å². The number of rotatable bonds is 4. The number of sulfone groups is 1. The van der Waals surface area contributed by atoms with Gasteiger partial charge in [0, 0.05) is 6.54 Å². The van der Waals surface area contributed by atoms with Gasteiger partial charge in [-0.1, -0.05) is 0 Å². The molecule has 1 aliphatic heterocycles. The Morgan fingerprint density at radius 2 is 2.10 bits per heavy atom. The van der Waals surface area contributed by atoms with E-state index in [0.717, 1.165) is 18.2 Å². The summed E-state index contributed by atoms with van der Waals surface area (Å²) in [5, 5.41) is 0. The van der Waals surface area contributed by atoms with E-state index in [1.807, 2.05) is 0 Å². The van der Waals surface area contributed by atoms with E-state index in [2.05, 4.69) is 4.72 Å². The molecule has 1 heterocycles. The zero-order valence-corrected chi connectivity index (χ0v) is 12.2. The Morgan fingerprint density at radius 1 is 1.40 bits per heavy atom. The molecule has 20 heavy (non-hydrogen) atoms. The second kappa shape index (κ2) is 5.30. The summed E-state index contributed by atoms with van der Waals surface area (Å²) in [5.41, 5.74) is 5.30. The average molecular weight is 322 g/mol. The van der Waals surface area contributed by atoms with Crippen molar-refractivity contribution in [2.24, 2.45) is 5.92 Å². The van der Waals surface area contributed by atoms with Crippen LogP contribution in [0.1, 0.15) is 6.42 Å². The van der Waals surface area contributed by atoms with Gasteiger partial charge in [0.15, 0.2) is 9.84 Å². The van der Waals surface area contributed by atoms with Crippen molar-refractivity contribution in [2.45, 2.75) is 11.3 Å². The Morgan fingerprint density at radius 3 is 2.65 bits per heavy atom. The molecule has 0 aliphatic carbocycles. The highest BCUT2D eigenvalue weighted by Gasteiger charge is 2.29. The molecular formula is C11H15FN2O4S2. The number of hydrogen-bond donors (Lipinski definition) is 2. The Bertz CT molecular complexity index is 716. The van der Waals surface area contributed by atoms with Crippen molar-refractivity contribution >= 4 is 25.5 Å². The van der Waals surface area contributed by atoms with E-state index in [0.29, 0.717) is 6.42 Å². The maximum absolute atomic E-state index is 12.9. The van der Waals surface area contributed by atoms with E-state index in [4.69, 9.17) is 5.73 Å². The number of halogens is 1. The van der Waals surface area contributed by atoms with Crippen molar-refractivity contribution in [2.75, 3.05) is 23.8 Å². The Labute approximate surface area is 117 Å². The predicted molar refractivity (Wildman–Crippen MR) is 72.8 cm³/mol. The van der Waals surface area contributed by atoms with E-state index in [-0.39, 0.29) is 34.6 Å². The molecule has 0 bridgehead atoms. The van der Waals surface area contributed by atoms with Crippen LogP contribution in [0.4, 0.5) is 10.1 Å². The second-order valence-electron chi connectivity index (χ2n) is 4.80. The van der Waals surface area contributed by atoms with Gasteiger partial charge in [-0.15, -0.1) is 0 Å². The van der Waals surface area contributed by atoms with Gasteiger partial charge in [-0.25, -0.2) is 25.9 Å². The molecule has 112 valence electrons. The van der Waals surface area contributed by atoms with Crippen molar-refractivity contribution in [1.29, 1.82) is 0 Å². The first-order valence-corrected chi connectivity index (χ1v) is 9.25. The molecule has 0 saturated carbocycles. The summed E-state index contributed by atoms with van der Waals surface area (Å²) in [6.07, 6.45) is 0.434.